The van der Waals surface area contributed by atoms with Crippen LogP contribution in [0.2, 0.25) is 5.02 Å². The molecule has 8 heteroatoms. The van der Waals surface area contributed by atoms with Crippen LogP contribution in [0.4, 0.5) is 0 Å². The number of fused-ring (bicyclic) bond motifs is 1. The van der Waals surface area contributed by atoms with Crippen LogP contribution in [-0.2, 0) is 23.1 Å². The number of benzene rings is 2. The Hall–Kier alpha value is -1.93. The van der Waals surface area contributed by atoms with E-state index in [1.807, 2.05) is 30.3 Å². The Morgan fingerprint density at radius 2 is 1.81 bits per heavy atom. The third kappa shape index (κ3) is 4.65. The van der Waals surface area contributed by atoms with Gasteiger partial charge in [-0.1, -0.05) is 30.2 Å². The quantitative estimate of drug-likeness (QED) is 0.553. The van der Waals surface area contributed by atoms with Crippen molar-refractivity contribution in [1.29, 1.82) is 0 Å². The molecule has 2 heterocycles. The number of hydrogen-bond donors (Lipinski definition) is 1. The summed E-state index contributed by atoms with van der Waals surface area (Å²) in [5, 5.41) is 4.24. The molecule has 1 atom stereocenters. The van der Waals surface area contributed by atoms with Gasteiger partial charge >= 0.3 is 0 Å². The van der Waals surface area contributed by atoms with Gasteiger partial charge in [-0.2, -0.15) is 4.31 Å². The lowest BCUT2D eigenvalue weighted by atomic mass is 10.1. The van der Waals surface area contributed by atoms with Crippen molar-refractivity contribution in [3.8, 4) is 0 Å². The molecule has 1 unspecified atom stereocenters. The van der Waals surface area contributed by atoms with Gasteiger partial charge in [-0.25, -0.2) is 13.4 Å². The van der Waals surface area contributed by atoms with Crippen molar-refractivity contribution >= 4 is 32.7 Å². The molecule has 1 aliphatic rings. The second-order valence-corrected chi connectivity index (χ2v) is 10.4. The minimum Gasteiger partial charge on any atom is -0.327 e. The summed E-state index contributed by atoms with van der Waals surface area (Å²) in [5.41, 5.74) is 2.82. The highest BCUT2D eigenvalue weighted by Gasteiger charge is 2.26. The maximum Gasteiger partial charge on any atom is 0.243 e. The first-order valence-electron chi connectivity index (χ1n) is 10.9. The lowest BCUT2D eigenvalue weighted by molar-refractivity contribution is 0.346. The van der Waals surface area contributed by atoms with Gasteiger partial charge in [0, 0.05) is 30.7 Å². The Bertz CT molecular complexity index is 1150. The van der Waals surface area contributed by atoms with E-state index < -0.39 is 10.0 Å². The van der Waals surface area contributed by atoms with E-state index in [0.29, 0.717) is 24.5 Å². The van der Waals surface area contributed by atoms with Crippen LogP contribution in [0.15, 0.2) is 47.4 Å². The molecule has 166 valence electrons. The molecule has 1 fully saturated rings. The second-order valence-electron chi connectivity index (χ2n) is 8.04. The predicted molar refractivity (Wildman–Crippen MR) is 125 cm³/mol. The van der Waals surface area contributed by atoms with E-state index in [9.17, 15) is 8.42 Å². The Morgan fingerprint density at radius 1 is 1.10 bits per heavy atom. The average Bonchev–Trinajstić information content (AvgIpc) is 3.15. The summed E-state index contributed by atoms with van der Waals surface area (Å²) in [6.45, 7) is 6.72. The molecule has 1 aromatic heterocycles. The van der Waals surface area contributed by atoms with Gasteiger partial charge in [-0.05, 0) is 62.6 Å². The van der Waals surface area contributed by atoms with Crippen LogP contribution in [0.5, 0.6) is 0 Å². The van der Waals surface area contributed by atoms with Gasteiger partial charge in [0.2, 0.25) is 10.0 Å². The van der Waals surface area contributed by atoms with Gasteiger partial charge in [0.15, 0.2) is 0 Å². The third-order valence-corrected chi connectivity index (χ3v) is 8.15. The molecule has 31 heavy (non-hydrogen) atoms. The molecule has 4 rings (SSSR count). The average molecular weight is 461 g/mol. The zero-order valence-corrected chi connectivity index (χ0v) is 19.6. The maximum absolute atomic E-state index is 13.1. The first-order valence-corrected chi connectivity index (χ1v) is 12.7. The molecular formula is C23H29ClN4O2S. The lowest BCUT2D eigenvalue weighted by Crippen LogP contribution is -2.35. The molecular weight excluding hydrogens is 432 g/mol. The number of aromatic nitrogens is 2. The number of rotatable bonds is 7. The first-order chi connectivity index (χ1) is 14.9. The number of nitrogens with zero attached hydrogens (tertiary/aromatic N) is 3. The minimum atomic E-state index is -3.47. The molecule has 0 spiro atoms. The van der Waals surface area contributed by atoms with Crippen LogP contribution in [0.3, 0.4) is 0 Å². The van der Waals surface area contributed by atoms with Crippen LogP contribution in [0.1, 0.15) is 50.5 Å². The van der Waals surface area contributed by atoms with Crippen LogP contribution < -0.4 is 5.32 Å². The number of aryl methyl sites for hydroxylation is 1. The monoisotopic (exact) mass is 460 g/mol. The zero-order chi connectivity index (χ0) is 22.0. The Kier molecular flexibility index (Phi) is 6.67. The topological polar surface area (TPSA) is 67.2 Å². The summed E-state index contributed by atoms with van der Waals surface area (Å²) in [7, 11) is -3.47. The maximum atomic E-state index is 13.1. The molecule has 1 saturated heterocycles. The molecule has 3 aromatic rings. The highest BCUT2D eigenvalue weighted by molar-refractivity contribution is 7.89. The Balaban J connectivity index is 1.57. The summed E-state index contributed by atoms with van der Waals surface area (Å²) < 4.78 is 29.9. The van der Waals surface area contributed by atoms with Crippen molar-refractivity contribution in [3.63, 3.8) is 0 Å². The smallest absolute Gasteiger partial charge is 0.243 e. The van der Waals surface area contributed by atoms with Gasteiger partial charge in [-0.3, -0.25) is 0 Å². The van der Waals surface area contributed by atoms with Gasteiger partial charge in [0.05, 0.1) is 22.5 Å². The zero-order valence-electron chi connectivity index (χ0n) is 18.0. The number of imidazole rings is 1. The Morgan fingerprint density at radius 3 is 2.48 bits per heavy atom. The van der Waals surface area contributed by atoms with Crippen LogP contribution in [0, 0.1) is 0 Å². The van der Waals surface area contributed by atoms with Gasteiger partial charge in [-0.15, -0.1) is 0 Å². The van der Waals surface area contributed by atoms with Crippen LogP contribution in [0.25, 0.3) is 11.0 Å². The minimum absolute atomic E-state index is 0.137. The highest BCUT2D eigenvalue weighted by Crippen LogP contribution is 2.25. The van der Waals surface area contributed by atoms with Crippen LogP contribution >= 0.6 is 11.6 Å². The van der Waals surface area contributed by atoms with Crippen molar-refractivity contribution in [2.75, 3.05) is 13.1 Å². The fourth-order valence-electron chi connectivity index (χ4n) is 4.18. The van der Waals surface area contributed by atoms with Gasteiger partial charge in [0.1, 0.15) is 5.82 Å². The normalized spacial score (nSPS) is 16.6. The molecule has 0 radical (unpaired) electrons. The molecule has 2 aromatic carbocycles. The van der Waals surface area contributed by atoms with Gasteiger partial charge < -0.3 is 9.88 Å². The third-order valence-electron chi connectivity index (χ3n) is 6.00. The standard InChI is InChI=1S/C23H29ClN4O2S/c1-3-28-22-12-11-20(31(29,30)27-13-5-4-6-14-27)15-21(22)26-23(28)16-25-17(2)18-7-9-19(24)10-8-18/h7-12,15,17,25H,3-6,13-14,16H2,1-2H3. The number of halogens is 1. The molecule has 1 aliphatic heterocycles. The van der Waals surface area contributed by atoms with Gasteiger partial charge in [0.25, 0.3) is 0 Å². The highest BCUT2D eigenvalue weighted by atomic mass is 35.5. The van der Waals surface area contributed by atoms with Crippen molar-refractivity contribution in [2.45, 2.75) is 57.1 Å². The lowest BCUT2D eigenvalue weighted by Gasteiger charge is -2.25. The molecule has 0 bridgehead atoms. The predicted octanol–water partition coefficient (Wildman–Crippen LogP) is 4.74. The molecule has 1 N–H and O–H groups in total. The summed E-state index contributed by atoms with van der Waals surface area (Å²) in [6.07, 6.45) is 2.94. The largest absolute Gasteiger partial charge is 0.327 e. The number of nitrogens with one attached hydrogen (secondary N) is 1. The first kappa shape index (κ1) is 22.3. The van der Waals surface area contributed by atoms with E-state index in [1.54, 1.807) is 16.4 Å². The van der Waals surface area contributed by atoms with Crippen LogP contribution in [-0.4, -0.2) is 35.4 Å². The van der Waals surface area contributed by atoms with Crippen molar-refractivity contribution in [1.82, 2.24) is 19.2 Å². The molecule has 0 amide bonds. The molecule has 0 aliphatic carbocycles. The van der Waals surface area contributed by atoms with Crippen molar-refractivity contribution < 1.29 is 8.42 Å². The molecule has 0 saturated carbocycles. The van der Waals surface area contributed by atoms with E-state index in [-0.39, 0.29) is 6.04 Å². The van der Waals surface area contributed by atoms with E-state index in [2.05, 4.69) is 23.7 Å². The van der Waals surface area contributed by atoms with E-state index in [0.717, 1.165) is 53.3 Å². The summed E-state index contributed by atoms with van der Waals surface area (Å²) in [6, 6.07) is 13.3. The summed E-state index contributed by atoms with van der Waals surface area (Å²) >= 11 is 5.99. The second kappa shape index (κ2) is 9.28. The SMILES string of the molecule is CCn1c(CNC(C)c2ccc(Cl)cc2)nc2cc(S(=O)(=O)N3CCCCC3)ccc21. The fraction of sp³-hybridized carbons (Fsp3) is 0.435. The number of hydrogen-bond acceptors (Lipinski definition) is 4. The summed E-state index contributed by atoms with van der Waals surface area (Å²) in [5.74, 6) is 0.894. The van der Waals surface area contributed by atoms with Crippen molar-refractivity contribution in [3.05, 3.63) is 58.9 Å². The molecule has 6 nitrogen and oxygen atoms in total. The van der Waals surface area contributed by atoms with E-state index >= 15 is 0 Å². The summed E-state index contributed by atoms with van der Waals surface area (Å²) in [4.78, 5) is 5.11. The fourth-order valence-corrected chi connectivity index (χ4v) is 5.84. The number of piperidine rings is 1. The van der Waals surface area contributed by atoms with Crippen molar-refractivity contribution in [2.24, 2.45) is 0 Å². The van der Waals surface area contributed by atoms with E-state index in [1.165, 1.54) is 0 Å². The Labute approximate surface area is 189 Å². The van der Waals surface area contributed by atoms with E-state index in [4.69, 9.17) is 16.6 Å². The number of sulfonamides is 1.